The van der Waals surface area contributed by atoms with Gasteiger partial charge in [0.05, 0.1) is 9.82 Å². The molecule has 1 amide bonds. The summed E-state index contributed by atoms with van der Waals surface area (Å²) in [5.74, 6) is -0.0723. The molecule has 5 rings (SSSR count). The molecule has 10 heteroatoms. The number of amides is 1. The zero-order chi connectivity index (χ0) is 24.6. The van der Waals surface area contributed by atoms with E-state index in [-0.39, 0.29) is 16.5 Å². The fourth-order valence-corrected chi connectivity index (χ4v) is 6.35. The maximum atomic E-state index is 13.1. The van der Waals surface area contributed by atoms with Gasteiger partial charge in [0.2, 0.25) is 10.0 Å². The van der Waals surface area contributed by atoms with Crippen LogP contribution in [0.4, 0.5) is 11.4 Å². The Bertz CT molecular complexity index is 1390. The van der Waals surface area contributed by atoms with Crippen LogP contribution in [0, 0.1) is 10.1 Å². The molecule has 0 aliphatic carbocycles. The summed E-state index contributed by atoms with van der Waals surface area (Å²) in [6, 6.07) is 17.6. The number of nitro benzene ring substituents is 1. The summed E-state index contributed by atoms with van der Waals surface area (Å²) in [6.07, 6.45) is 1.59. The Morgan fingerprint density at radius 3 is 2.20 bits per heavy atom. The lowest BCUT2D eigenvalue weighted by atomic mass is 10.1. The number of benzene rings is 3. The van der Waals surface area contributed by atoms with Gasteiger partial charge in [-0.15, -0.1) is 0 Å². The highest BCUT2D eigenvalue weighted by Gasteiger charge is 2.31. The summed E-state index contributed by atoms with van der Waals surface area (Å²) in [4.78, 5) is 27.9. The van der Waals surface area contributed by atoms with E-state index in [9.17, 15) is 23.3 Å². The van der Waals surface area contributed by atoms with Gasteiger partial charge in [0.15, 0.2) is 0 Å². The lowest BCUT2D eigenvalue weighted by Crippen LogP contribution is -2.49. The summed E-state index contributed by atoms with van der Waals surface area (Å²) in [5.41, 5.74) is 0.743. The molecule has 2 aliphatic heterocycles. The first-order chi connectivity index (χ1) is 16.8. The minimum Gasteiger partial charge on any atom is -0.362 e. The molecule has 0 aromatic heterocycles. The van der Waals surface area contributed by atoms with Crippen molar-refractivity contribution >= 4 is 38.1 Å². The van der Waals surface area contributed by atoms with Crippen LogP contribution in [0.5, 0.6) is 0 Å². The first kappa shape index (κ1) is 23.3. The Morgan fingerprint density at radius 1 is 0.829 bits per heavy atom. The molecule has 0 saturated carbocycles. The quantitative estimate of drug-likeness (QED) is 0.397. The fraction of sp³-hybridized carbons (Fsp3) is 0.320. The molecule has 2 heterocycles. The van der Waals surface area contributed by atoms with Crippen molar-refractivity contribution in [2.45, 2.75) is 17.7 Å². The molecule has 2 saturated heterocycles. The van der Waals surface area contributed by atoms with Gasteiger partial charge in [-0.3, -0.25) is 14.9 Å². The Morgan fingerprint density at radius 2 is 1.51 bits per heavy atom. The number of carbonyl (C=O) groups excluding carboxylic acids is 1. The summed E-state index contributed by atoms with van der Waals surface area (Å²) in [5, 5.41) is 13.9. The van der Waals surface area contributed by atoms with Crippen LogP contribution in [0.1, 0.15) is 23.2 Å². The fourth-order valence-electron chi connectivity index (χ4n) is 4.81. The van der Waals surface area contributed by atoms with Gasteiger partial charge in [0.25, 0.3) is 11.6 Å². The monoisotopic (exact) mass is 494 g/mol. The smallest absolute Gasteiger partial charge is 0.293 e. The maximum Gasteiger partial charge on any atom is 0.293 e. The van der Waals surface area contributed by atoms with Crippen molar-refractivity contribution < 1.29 is 18.1 Å². The molecule has 2 fully saturated rings. The van der Waals surface area contributed by atoms with E-state index in [0.29, 0.717) is 50.5 Å². The van der Waals surface area contributed by atoms with Crippen LogP contribution in [0.25, 0.3) is 10.8 Å². The molecule has 9 nitrogen and oxygen atoms in total. The van der Waals surface area contributed by atoms with Gasteiger partial charge in [-0.25, -0.2) is 8.42 Å². The minimum absolute atomic E-state index is 0.0556. The lowest BCUT2D eigenvalue weighted by Gasteiger charge is -2.36. The average molecular weight is 495 g/mol. The van der Waals surface area contributed by atoms with E-state index < -0.39 is 14.9 Å². The number of sulfonamides is 1. The van der Waals surface area contributed by atoms with Gasteiger partial charge in [-0.2, -0.15) is 4.31 Å². The molecule has 2 aliphatic rings. The van der Waals surface area contributed by atoms with E-state index in [1.165, 1.54) is 16.4 Å². The van der Waals surface area contributed by atoms with Gasteiger partial charge in [0.1, 0.15) is 5.69 Å². The molecule has 0 unspecified atom stereocenters. The van der Waals surface area contributed by atoms with Crippen LogP contribution in [-0.2, 0) is 10.0 Å². The second-order valence-electron chi connectivity index (χ2n) is 8.86. The van der Waals surface area contributed by atoms with E-state index >= 15 is 0 Å². The predicted molar refractivity (Wildman–Crippen MR) is 133 cm³/mol. The van der Waals surface area contributed by atoms with Crippen LogP contribution in [0.15, 0.2) is 65.6 Å². The number of rotatable bonds is 5. The topological polar surface area (TPSA) is 104 Å². The highest BCUT2D eigenvalue weighted by molar-refractivity contribution is 7.89. The number of hydrogen-bond donors (Lipinski definition) is 0. The van der Waals surface area contributed by atoms with E-state index in [1.807, 2.05) is 47.4 Å². The minimum atomic E-state index is -3.75. The molecule has 0 spiro atoms. The third-order valence-corrected chi connectivity index (χ3v) is 8.65. The Kier molecular flexibility index (Phi) is 6.16. The predicted octanol–water partition coefficient (Wildman–Crippen LogP) is 3.49. The van der Waals surface area contributed by atoms with Gasteiger partial charge in [0, 0.05) is 50.9 Å². The molecule has 35 heavy (non-hydrogen) atoms. The number of piperazine rings is 1. The summed E-state index contributed by atoms with van der Waals surface area (Å²) >= 11 is 0. The lowest BCUT2D eigenvalue weighted by molar-refractivity contribution is -0.384. The largest absolute Gasteiger partial charge is 0.362 e. The van der Waals surface area contributed by atoms with Gasteiger partial charge in [-0.1, -0.05) is 30.3 Å². The average Bonchev–Trinajstić information content (AvgIpc) is 3.44. The SMILES string of the molecule is O=C(c1ccc2ccccc2c1)N1CCN(c2ccc(S(=O)(=O)N3CCCC3)cc2[N+](=O)[O-])CC1. The van der Waals surface area contributed by atoms with Crippen molar-refractivity contribution in [1.29, 1.82) is 0 Å². The number of carbonyl (C=O) groups is 1. The van der Waals surface area contributed by atoms with Crippen LogP contribution >= 0.6 is 0 Å². The second kappa shape index (κ2) is 9.27. The third-order valence-electron chi connectivity index (χ3n) is 6.75. The number of hydrogen-bond acceptors (Lipinski definition) is 6. The number of nitro groups is 1. The summed E-state index contributed by atoms with van der Waals surface area (Å²) in [7, 11) is -3.75. The molecular formula is C25H26N4O5S. The number of nitrogens with zero attached hydrogens (tertiary/aromatic N) is 4. The van der Waals surface area contributed by atoms with Crippen molar-refractivity contribution in [3.05, 3.63) is 76.3 Å². The Labute approximate surface area is 203 Å². The normalized spacial score (nSPS) is 17.1. The van der Waals surface area contributed by atoms with Crippen molar-refractivity contribution in [3.8, 4) is 0 Å². The summed E-state index contributed by atoms with van der Waals surface area (Å²) in [6.45, 7) is 2.53. The first-order valence-electron chi connectivity index (χ1n) is 11.7. The van der Waals surface area contributed by atoms with Crippen LogP contribution < -0.4 is 4.90 Å². The van der Waals surface area contributed by atoms with Crippen molar-refractivity contribution in [1.82, 2.24) is 9.21 Å². The second-order valence-corrected chi connectivity index (χ2v) is 10.8. The molecule has 0 bridgehead atoms. The Balaban J connectivity index is 1.32. The zero-order valence-electron chi connectivity index (χ0n) is 19.2. The Hall–Kier alpha value is -3.50. The van der Waals surface area contributed by atoms with Crippen molar-refractivity contribution in [2.75, 3.05) is 44.2 Å². The van der Waals surface area contributed by atoms with Gasteiger partial charge >= 0.3 is 0 Å². The van der Waals surface area contributed by atoms with Crippen LogP contribution in [-0.4, -0.2) is 67.7 Å². The molecule has 0 atom stereocenters. The van der Waals surface area contributed by atoms with Crippen molar-refractivity contribution in [3.63, 3.8) is 0 Å². The van der Waals surface area contributed by atoms with Crippen molar-refractivity contribution in [2.24, 2.45) is 0 Å². The van der Waals surface area contributed by atoms with Crippen LogP contribution in [0.3, 0.4) is 0 Å². The van der Waals surface area contributed by atoms with Gasteiger partial charge < -0.3 is 9.80 Å². The number of fused-ring (bicyclic) bond motifs is 1. The molecule has 3 aromatic rings. The highest BCUT2D eigenvalue weighted by Crippen LogP contribution is 2.33. The zero-order valence-corrected chi connectivity index (χ0v) is 20.0. The third kappa shape index (κ3) is 4.46. The highest BCUT2D eigenvalue weighted by atomic mass is 32.2. The maximum absolute atomic E-state index is 13.1. The molecular weight excluding hydrogens is 468 g/mol. The van der Waals surface area contributed by atoms with E-state index in [4.69, 9.17) is 0 Å². The first-order valence-corrected chi connectivity index (χ1v) is 13.1. The molecule has 0 N–H and O–H groups in total. The molecule has 3 aromatic carbocycles. The van der Waals surface area contributed by atoms with E-state index in [2.05, 4.69) is 0 Å². The van der Waals surface area contributed by atoms with E-state index in [0.717, 1.165) is 29.7 Å². The van der Waals surface area contributed by atoms with E-state index in [1.54, 1.807) is 4.90 Å². The number of anilines is 1. The summed E-state index contributed by atoms with van der Waals surface area (Å²) < 4.78 is 27.1. The van der Waals surface area contributed by atoms with Crippen LogP contribution in [0.2, 0.25) is 0 Å². The molecule has 182 valence electrons. The standard InChI is InChI=1S/C25H26N4O5S/c30-25(21-8-7-19-5-1-2-6-20(19)17-21)27-15-13-26(14-16-27)23-10-9-22(18-24(23)29(31)32)35(33,34)28-11-3-4-12-28/h1-2,5-10,17-18H,3-4,11-16H2. The van der Waals surface area contributed by atoms with Gasteiger partial charge in [-0.05, 0) is 47.9 Å². The molecule has 0 radical (unpaired) electrons.